The van der Waals surface area contributed by atoms with Crippen molar-refractivity contribution in [2.45, 2.75) is 32.6 Å². The van der Waals surface area contributed by atoms with Crippen molar-refractivity contribution >= 4 is 11.9 Å². The molecule has 0 aliphatic carbocycles. The molecule has 0 bridgehead atoms. The Kier molecular flexibility index (Phi) is 2.63. The van der Waals surface area contributed by atoms with Gasteiger partial charge in [0.1, 0.15) is 0 Å². The van der Waals surface area contributed by atoms with Gasteiger partial charge in [-0.05, 0) is 12.8 Å². The van der Waals surface area contributed by atoms with Crippen LogP contribution in [0.5, 0.6) is 0 Å². The second-order valence-electron chi connectivity index (χ2n) is 2.82. The fourth-order valence-electron chi connectivity index (χ4n) is 1.27. The Morgan fingerprint density at radius 1 is 1.55 bits per heavy atom. The molecule has 62 valence electrons. The van der Waals surface area contributed by atoms with Crippen LogP contribution < -0.4 is 0 Å². The van der Waals surface area contributed by atoms with Gasteiger partial charge in [0.25, 0.3) is 0 Å². The SMILES string of the molecule is CCCC1CCC(=O)OC1=O. The van der Waals surface area contributed by atoms with Gasteiger partial charge in [-0.15, -0.1) is 0 Å². The summed E-state index contributed by atoms with van der Waals surface area (Å²) in [6.45, 7) is 2.02. The predicted octanol–water partition coefficient (Wildman–Crippen LogP) is 1.27. The molecule has 1 atom stereocenters. The van der Waals surface area contributed by atoms with E-state index in [9.17, 15) is 9.59 Å². The quantitative estimate of drug-likeness (QED) is 0.446. The van der Waals surface area contributed by atoms with E-state index in [1.165, 1.54) is 0 Å². The maximum atomic E-state index is 11.0. The third-order valence-electron chi connectivity index (χ3n) is 1.88. The highest BCUT2D eigenvalue weighted by Crippen LogP contribution is 2.20. The Morgan fingerprint density at radius 3 is 2.82 bits per heavy atom. The molecule has 3 heteroatoms. The maximum Gasteiger partial charge on any atom is 0.316 e. The van der Waals surface area contributed by atoms with Gasteiger partial charge < -0.3 is 4.74 Å². The van der Waals surface area contributed by atoms with Crippen LogP contribution in [-0.4, -0.2) is 11.9 Å². The summed E-state index contributed by atoms with van der Waals surface area (Å²) in [5.74, 6) is -0.733. The average Bonchev–Trinajstić information content (AvgIpc) is 1.95. The van der Waals surface area contributed by atoms with E-state index in [2.05, 4.69) is 4.74 Å². The van der Waals surface area contributed by atoms with Crippen molar-refractivity contribution in [3.63, 3.8) is 0 Å². The first-order valence-electron chi connectivity index (χ1n) is 3.98. The second-order valence-corrected chi connectivity index (χ2v) is 2.82. The van der Waals surface area contributed by atoms with Crippen molar-refractivity contribution < 1.29 is 14.3 Å². The third kappa shape index (κ3) is 2.03. The minimum absolute atomic E-state index is 0.0299. The summed E-state index contributed by atoms with van der Waals surface area (Å²) >= 11 is 0. The van der Waals surface area contributed by atoms with E-state index in [4.69, 9.17) is 0 Å². The van der Waals surface area contributed by atoms with Gasteiger partial charge in [-0.25, -0.2) is 0 Å². The molecular formula is C8H12O3. The summed E-state index contributed by atoms with van der Waals surface area (Å²) in [5, 5.41) is 0. The lowest BCUT2D eigenvalue weighted by Gasteiger charge is -2.18. The van der Waals surface area contributed by atoms with Crippen LogP contribution in [-0.2, 0) is 14.3 Å². The molecule has 0 aromatic heterocycles. The van der Waals surface area contributed by atoms with E-state index in [-0.39, 0.29) is 17.9 Å². The summed E-state index contributed by atoms with van der Waals surface area (Å²) in [6, 6.07) is 0. The first-order valence-corrected chi connectivity index (χ1v) is 3.98. The number of carbonyl (C=O) groups excluding carboxylic acids is 2. The van der Waals surface area contributed by atoms with E-state index in [1.807, 2.05) is 6.92 Å². The largest absolute Gasteiger partial charge is 0.393 e. The van der Waals surface area contributed by atoms with Gasteiger partial charge in [0.15, 0.2) is 0 Å². The Hall–Kier alpha value is -0.860. The molecule has 0 saturated carbocycles. The molecule has 1 unspecified atom stereocenters. The molecule has 0 aromatic carbocycles. The lowest BCUT2D eigenvalue weighted by atomic mass is 9.96. The highest BCUT2D eigenvalue weighted by atomic mass is 16.6. The van der Waals surface area contributed by atoms with Gasteiger partial charge in [0, 0.05) is 6.42 Å². The molecule has 0 aromatic rings. The van der Waals surface area contributed by atoms with Crippen LogP contribution in [0.1, 0.15) is 32.6 Å². The van der Waals surface area contributed by atoms with E-state index in [0.29, 0.717) is 12.8 Å². The zero-order chi connectivity index (χ0) is 8.27. The fraction of sp³-hybridized carbons (Fsp3) is 0.750. The Labute approximate surface area is 65.7 Å². The fourth-order valence-corrected chi connectivity index (χ4v) is 1.27. The molecular weight excluding hydrogens is 144 g/mol. The molecule has 1 aliphatic rings. The van der Waals surface area contributed by atoms with Crippen molar-refractivity contribution in [3.05, 3.63) is 0 Å². The molecule has 0 amide bonds. The third-order valence-corrected chi connectivity index (χ3v) is 1.88. The van der Waals surface area contributed by atoms with Gasteiger partial charge in [-0.1, -0.05) is 13.3 Å². The van der Waals surface area contributed by atoms with Gasteiger partial charge in [0.05, 0.1) is 5.92 Å². The minimum atomic E-state index is -0.373. The standard InChI is InChI=1S/C8H12O3/c1-2-3-6-4-5-7(9)11-8(6)10/h6H,2-5H2,1H3. The first-order chi connectivity index (χ1) is 5.24. The number of cyclic esters (lactones) is 2. The van der Waals surface area contributed by atoms with Crippen molar-refractivity contribution in [2.75, 3.05) is 0 Å². The van der Waals surface area contributed by atoms with Crippen LogP contribution in [0.4, 0.5) is 0 Å². The van der Waals surface area contributed by atoms with Crippen LogP contribution in [0.2, 0.25) is 0 Å². The topological polar surface area (TPSA) is 43.4 Å². The highest BCUT2D eigenvalue weighted by molar-refractivity contribution is 5.89. The van der Waals surface area contributed by atoms with E-state index in [0.717, 1.165) is 12.8 Å². The molecule has 0 radical (unpaired) electrons. The smallest absolute Gasteiger partial charge is 0.316 e. The van der Waals surface area contributed by atoms with Crippen LogP contribution in [0, 0.1) is 5.92 Å². The van der Waals surface area contributed by atoms with Crippen molar-refractivity contribution in [1.29, 1.82) is 0 Å². The Bertz CT molecular complexity index is 174. The van der Waals surface area contributed by atoms with Crippen molar-refractivity contribution in [2.24, 2.45) is 5.92 Å². The monoisotopic (exact) mass is 156 g/mol. The molecule has 3 nitrogen and oxygen atoms in total. The van der Waals surface area contributed by atoms with Crippen LogP contribution >= 0.6 is 0 Å². The van der Waals surface area contributed by atoms with E-state index in [1.54, 1.807) is 0 Å². The summed E-state index contributed by atoms with van der Waals surface area (Å²) in [4.78, 5) is 21.5. The first kappa shape index (κ1) is 8.24. The summed E-state index contributed by atoms with van der Waals surface area (Å²) in [5.41, 5.74) is 0. The molecule has 1 fully saturated rings. The molecule has 1 aliphatic heterocycles. The Morgan fingerprint density at radius 2 is 2.27 bits per heavy atom. The number of hydrogen-bond donors (Lipinski definition) is 0. The van der Waals surface area contributed by atoms with Crippen LogP contribution in [0.3, 0.4) is 0 Å². The van der Waals surface area contributed by atoms with Crippen LogP contribution in [0.15, 0.2) is 0 Å². The zero-order valence-electron chi connectivity index (χ0n) is 6.63. The lowest BCUT2D eigenvalue weighted by molar-refractivity contribution is -0.167. The molecule has 11 heavy (non-hydrogen) atoms. The van der Waals surface area contributed by atoms with Gasteiger partial charge in [0.2, 0.25) is 0 Å². The molecule has 1 saturated heterocycles. The number of carbonyl (C=O) groups is 2. The van der Waals surface area contributed by atoms with E-state index < -0.39 is 0 Å². The minimum Gasteiger partial charge on any atom is -0.393 e. The normalized spacial score (nSPS) is 25.0. The van der Waals surface area contributed by atoms with Crippen molar-refractivity contribution in [1.82, 2.24) is 0 Å². The summed E-state index contributed by atoms with van der Waals surface area (Å²) < 4.78 is 4.47. The average molecular weight is 156 g/mol. The Balaban J connectivity index is 2.44. The van der Waals surface area contributed by atoms with E-state index >= 15 is 0 Å². The predicted molar refractivity (Wildman–Crippen MR) is 38.7 cm³/mol. The summed E-state index contributed by atoms with van der Waals surface area (Å²) in [6.07, 6.45) is 2.88. The second kappa shape index (κ2) is 3.51. The number of ether oxygens (including phenoxy) is 1. The molecule has 1 heterocycles. The molecule has 0 spiro atoms. The van der Waals surface area contributed by atoms with Gasteiger partial charge in [-0.2, -0.15) is 0 Å². The zero-order valence-corrected chi connectivity index (χ0v) is 6.63. The molecule has 0 N–H and O–H groups in total. The maximum absolute atomic E-state index is 11.0. The van der Waals surface area contributed by atoms with Gasteiger partial charge >= 0.3 is 11.9 Å². The van der Waals surface area contributed by atoms with Gasteiger partial charge in [-0.3, -0.25) is 9.59 Å². The lowest BCUT2D eigenvalue weighted by Crippen LogP contribution is -2.27. The molecule has 1 rings (SSSR count). The van der Waals surface area contributed by atoms with Crippen molar-refractivity contribution in [3.8, 4) is 0 Å². The number of rotatable bonds is 2. The highest BCUT2D eigenvalue weighted by Gasteiger charge is 2.27. The summed E-state index contributed by atoms with van der Waals surface area (Å²) in [7, 11) is 0. The number of hydrogen-bond acceptors (Lipinski definition) is 3. The van der Waals surface area contributed by atoms with Crippen LogP contribution in [0.25, 0.3) is 0 Å². The number of esters is 2.